The van der Waals surface area contributed by atoms with Gasteiger partial charge >= 0.3 is 0 Å². The van der Waals surface area contributed by atoms with E-state index >= 15 is 0 Å². The first-order chi connectivity index (χ1) is 18.1. The number of carbonyl (C=O) groups excluding carboxylic acids is 4. The molecule has 0 saturated carbocycles. The molecule has 14 heteroatoms. The van der Waals surface area contributed by atoms with Gasteiger partial charge < -0.3 is 20.8 Å². The Bertz CT molecular complexity index is 1290. The zero-order chi connectivity index (χ0) is 27.4. The number of hydrogen-bond acceptors (Lipinski definition) is 10. The minimum absolute atomic E-state index is 0.0112. The Balaban J connectivity index is 1.35. The molecule has 10 nitrogen and oxygen atoms in total. The fourth-order valence-corrected chi connectivity index (χ4v) is 6.50. The second kappa shape index (κ2) is 11.9. The number of nitrogens with zero attached hydrogens (tertiary/aromatic N) is 2. The van der Waals surface area contributed by atoms with Gasteiger partial charge in [-0.1, -0.05) is 36.6 Å². The van der Waals surface area contributed by atoms with E-state index in [-0.39, 0.29) is 69.7 Å². The summed E-state index contributed by atoms with van der Waals surface area (Å²) in [5.74, 6) is -0.712. The van der Waals surface area contributed by atoms with Gasteiger partial charge in [0.25, 0.3) is 10.5 Å². The van der Waals surface area contributed by atoms with Crippen LogP contribution in [0.4, 0.5) is 21.0 Å². The summed E-state index contributed by atoms with van der Waals surface area (Å²) in [6.07, 6.45) is -0.0800. The summed E-state index contributed by atoms with van der Waals surface area (Å²) in [6.45, 7) is 0.0484. The standard InChI is InChI=1S/C24H20N4O6S4/c29-15-5-1-3-13(11-15)25-17(31)7-9-27-21(35)19(37-23(27)33)20-22(36)28(24(34)38-20)10-8-18(32)26-14-4-2-6-16(30)12-14/h1-6,11-12,29-30H,7-10H2,(H,25,31)(H,26,32). The third-order valence-electron chi connectivity index (χ3n) is 5.29. The van der Waals surface area contributed by atoms with Crippen molar-refractivity contribution in [2.75, 3.05) is 23.7 Å². The second-order valence-corrected chi connectivity index (χ2v) is 10.7. The van der Waals surface area contributed by atoms with Crippen LogP contribution in [0.3, 0.4) is 0 Å². The number of nitrogens with one attached hydrogen (secondary N) is 2. The van der Waals surface area contributed by atoms with Crippen LogP contribution in [-0.2, 0) is 9.59 Å². The largest absolute Gasteiger partial charge is 0.508 e. The predicted octanol–water partition coefficient (Wildman–Crippen LogP) is 4.66. The number of thioether (sulfide) groups is 2. The van der Waals surface area contributed by atoms with Gasteiger partial charge in [0, 0.05) is 49.4 Å². The molecule has 4 rings (SSSR count). The SMILES string of the molecule is O=C(CCN1C(=O)SC(=C2SC(=O)N(CCC(=O)Nc3cccc(O)c3)C2=S)C1=S)Nc1cccc(O)c1. The first-order valence-corrected chi connectivity index (χ1v) is 13.6. The molecule has 4 amide bonds. The van der Waals surface area contributed by atoms with Crippen molar-refractivity contribution in [2.45, 2.75) is 12.8 Å². The van der Waals surface area contributed by atoms with Crippen LogP contribution in [0.5, 0.6) is 11.5 Å². The average molecular weight is 589 g/mol. The van der Waals surface area contributed by atoms with Crippen LogP contribution in [0.25, 0.3) is 0 Å². The molecule has 2 aliphatic heterocycles. The van der Waals surface area contributed by atoms with E-state index in [1.54, 1.807) is 24.3 Å². The van der Waals surface area contributed by atoms with Crippen LogP contribution in [-0.4, -0.2) is 65.4 Å². The van der Waals surface area contributed by atoms with E-state index in [0.717, 1.165) is 23.5 Å². The molecule has 0 bridgehead atoms. The predicted molar refractivity (Wildman–Crippen MR) is 154 cm³/mol. The van der Waals surface area contributed by atoms with Gasteiger partial charge in [0.15, 0.2) is 0 Å². The van der Waals surface area contributed by atoms with Crippen molar-refractivity contribution in [1.29, 1.82) is 0 Å². The van der Waals surface area contributed by atoms with Crippen molar-refractivity contribution in [2.24, 2.45) is 0 Å². The molecule has 2 heterocycles. The molecule has 2 aromatic rings. The highest BCUT2D eigenvalue weighted by Crippen LogP contribution is 2.43. The van der Waals surface area contributed by atoms with Gasteiger partial charge in [-0.3, -0.25) is 29.0 Å². The molecular weight excluding hydrogens is 569 g/mol. The van der Waals surface area contributed by atoms with E-state index in [1.165, 1.54) is 34.1 Å². The lowest BCUT2D eigenvalue weighted by Gasteiger charge is -2.16. The summed E-state index contributed by atoms with van der Waals surface area (Å²) in [5.41, 5.74) is 0.842. The number of phenols is 2. The molecule has 0 aliphatic carbocycles. The van der Waals surface area contributed by atoms with E-state index in [1.807, 2.05) is 0 Å². The Morgan fingerprint density at radius 2 is 1.13 bits per heavy atom. The van der Waals surface area contributed by atoms with Crippen molar-refractivity contribution in [3.05, 3.63) is 58.3 Å². The molecule has 38 heavy (non-hydrogen) atoms. The number of rotatable bonds is 8. The van der Waals surface area contributed by atoms with E-state index in [4.69, 9.17) is 24.4 Å². The van der Waals surface area contributed by atoms with Crippen molar-refractivity contribution < 1.29 is 29.4 Å². The number of hydrogen-bond donors (Lipinski definition) is 4. The van der Waals surface area contributed by atoms with Crippen LogP contribution in [0.1, 0.15) is 12.8 Å². The number of thiocarbonyl (C=S) groups is 2. The Morgan fingerprint density at radius 1 is 0.737 bits per heavy atom. The number of amides is 4. The number of aromatic hydroxyl groups is 2. The molecule has 2 aromatic carbocycles. The van der Waals surface area contributed by atoms with Gasteiger partial charge in [-0.25, -0.2) is 0 Å². The number of phenolic OH excluding ortho intramolecular Hbond substituents is 2. The molecule has 2 aliphatic rings. The third kappa shape index (κ3) is 6.51. The van der Waals surface area contributed by atoms with E-state index in [9.17, 15) is 29.4 Å². The molecule has 0 radical (unpaired) electrons. The lowest BCUT2D eigenvalue weighted by molar-refractivity contribution is -0.117. The van der Waals surface area contributed by atoms with Crippen molar-refractivity contribution in [3.63, 3.8) is 0 Å². The maximum atomic E-state index is 12.6. The van der Waals surface area contributed by atoms with Gasteiger partial charge in [0.1, 0.15) is 21.5 Å². The van der Waals surface area contributed by atoms with Gasteiger partial charge in [-0.2, -0.15) is 0 Å². The topological polar surface area (TPSA) is 139 Å². The van der Waals surface area contributed by atoms with E-state index in [0.29, 0.717) is 21.2 Å². The zero-order valence-corrected chi connectivity index (χ0v) is 22.8. The fraction of sp³-hybridized carbons (Fsp3) is 0.167. The molecule has 196 valence electrons. The maximum Gasteiger partial charge on any atom is 0.291 e. The molecular formula is C24H20N4O6S4. The summed E-state index contributed by atoms with van der Waals surface area (Å²) >= 11 is 12.6. The van der Waals surface area contributed by atoms with Crippen molar-refractivity contribution >= 4 is 91.6 Å². The van der Waals surface area contributed by atoms with Crippen LogP contribution in [0, 0.1) is 0 Å². The molecule has 2 fully saturated rings. The smallest absolute Gasteiger partial charge is 0.291 e. The first-order valence-electron chi connectivity index (χ1n) is 11.1. The molecule has 4 N–H and O–H groups in total. The van der Waals surface area contributed by atoms with Crippen LogP contribution in [0.2, 0.25) is 0 Å². The lowest BCUT2D eigenvalue weighted by atomic mass is 10.3. The normalized spacial score (nSPS) is 17.4. The number of anilines is 2. The molecule has 0 atom stereocenters. The quantitative estimate of drug-likeness (QED) is 0.254. The summed E-state index contributed by atoms with van der Waals surface area (Å²) in [7, 11) is 0. The first kappa shape index (κ1) is 27.6. The summed E-state index contributed by atoms with van der Waals surface area (Å²) < 4.78 is 0. The number of benzene rings is 2. The molecule has 2 saturated heterocycles. The summed E-state index contributed by atoms with van der Waals surface area (Å²) in [4.78, 5) is 53.5. The minimum atomic E-state index is -0.387. The Labute approximate surface area is 236 Å². The van der Waals surface area contributed by atoms with Gasteiger partial charge in [-0.05, 0) is 47.8 Å². The monoisotopic (exact) mass is 588 g/mol. The van der Waals surface area contributed by atoms with Crippen LogP contribution >= 0.6 is 48.0 Å². The highest BCUT2D eigenvalue weighted by Gasteiger charge is 2.41. The van der Waals surface area contributed by atoms with E-state index in [2.05, 4.69) is 10.6 Å². The van der Waals surface area contributed by atoms with E-state index < -0.39 is 0 Å². The van der Waals surface area contributed by atoms with Crippen molar-refractivity contribution in [3.8, 4) is 11.5 Å². The number of carbonyl (C=O) groups is 4. The molecule has 0 aromatic heterocycles. The molecule has 0 spiro atoms. The van der Waals surface area contributed by atoms with Gasteiger partial charge in [0.05, 0.1) is 9.81 Å². The van der Waals surface area contributed by atoms with Crippen LogP contribution < -0.4 is 10.6 Å². The summed E-state index contributed by atoms with van der Waals surface area (Å²) in [5, 5.41) is 23.6. The van der Waals surface area contributed by atoms with Crippen LogP contribution in [0.15, 0.2) is 58.3 Å². The highest BCUT2D eigenvalue weighted by molar-refractivity contribution is 8.23. The third-order valence-corrected chi connectivity index (χ3v) is 8.52. The zero-order valence-electron chi connectivity index (χ0n) is 19.5. The molecule has 0 unspecified atom stereocenters. The maximum absolute atomic E-state index is 12.6. The fourth-order valence-electron chi connectivity index (χ4n) is 3.50. The average Bonchev–Trinajstić information content (AvgIpc) is 3.29. The minimum Gasteiger partial charge on any atom is -0.508 e. The Kier molecular flexibility index (Phi) is 8.66. The lowest BCUT2D eigenvalue weighted by Crippen LogP contribution is -2.32. The highest BCUT2D eigenvalue weighted by atomic mass is 32.2. The van der Waals surface area contributed by atoms with Gasteiger partial charge in [-0.15, -0.1) is 0 Å². The van der Waals surface area contributed by atoms with Gasteiger partial charge in [0.2, 0.25) is 11.8 Å². The van der Waals surface area contributed by atoms with Crippen molar-refractivity contribution in [1.82, 2.24) is 9.80 Å². The Hall–Kier alpha value is -3.46. The Morgan fingerprint density at radius 3 is 1.50 bits per heavy atom. The summed E-state index contributed by atoms with van der Waals surface area (Å²) in [6, 6.07) is 12.2. The second-order valence-electron chi connectivity index (χ2n) is 8.00.